The first-order valence-corrected chi connectivity index (χ1v) is 11.0. The Hall–Kier alpha value is -3.92. The summed E-state index contributed by atoms with van der Waals surface area (Å²) in [6.45, 7) is 4.99. The monoisotopic (exact) mass is 460 g/mol. The van der Waals surface area contributed by atoms with Crippen molar-refractivity contribution in [3.05, 3.63) is 65.5 Å². The van der Waals surface area contributed by atoms with Crippen LogP contribution in [0.3, 0.4) is 0 Å². The zero-order chi connectivity index (χ0) is 23.8. The van der Waals surface area contributed by atoms with Crippen LogP contribution in [0.25, 0.3) is 22.6 Å². The van der Waals surface area contributed by atoms with Crippen molar-refractivity contribution in [1.82, 2.24) is 34.3 Å². The van der Waals surface area contributed by atoms with Gasteiger partial charge in [0.25, 0.3) is 0 Å². The van der Waals surface area contributed by atoms with E-state index in [0.717, 1.165) is 37.0 Å². The van der Waals surface area contributed by atoms with Crippen LogP contribution in [0.15, 0.2) is 42.7 Å². The number of rotatable bonds is 5. The number of nitrogen functional groups attached to an aromatic ring is 1. The molecule has 0 bridgehead atoms. The maximum atomic E-state index is 13.9. The molecular formula is C24H25FN8O. The lowest BCUT2D eigenvalue weighted by atomic mass is 10.1. The summed E-state index contributed by atoms with van der Waals surface area (Å²) < 4.78 is 15.8. The summed E-state index contributed by atoms with van der Waals surface area (Å²) in [6, 6.07) is 9.61. The Kier molecular flexibility index (Phi) is 5.66. The van der Waals surface area contributed by atoms with Crippen molar-refractivity contribution in [3.63, 3.8) is 0 Å². The number of anilines is 1. The van der Waals surface area contributed by atoms with Crippen molar-refractivity contribution < 1.29 is 9.18 Å². The number of hydrogen-bond donors (Lipinski definition) is 1. The van der Waals surface area contributed by atoms with Gasteiger partial charge in [-0.1, -0.05) is 24.3 Å². The van der Waals surface area contributed by atoms with Gasteiger partial charge in [0, 0.05) is 38.4 Å². The Morgan fingerprint density at radius 2 is 1.76 bits per heavy atom. The van der Waals surface area contributed by atoms with Crippen molar-refractivity contribution in [3.8, 4) is 11.4 Å². The number of hydrogen-bond acceptors (Lipinski definition) is 7. The molecular weight excluding hydrogens is 435 g/mol. The van der Waals surface area contributed by atoms with Gasteiger partial charge in [-0.3, -0.25) is 14.7 Å². The van der Waals surface area contributed by atoms with Crippen molar-refractivity contribution in [1.29, 1.82) is 0 Å². The maximum Gasteiger partial charge on any atom is 0.236 e. The number of fused-ring (bicyclic) bond motifs is 1. The highest BCUT2D eigenvalue weighted by Gasteiger charge is 2.21. The molecule has 1 aliphatic rings. The molecule has 3 aromatic heterocycles. The van der Waals surface area contributed by atoms with E-state index in [1.54, 1.807) is 18.0 Å². The second kappa shape index (κ2) is 8.79. The van der Waals surface area contributed by atoms with E-state index >= 15 is 0 Å². The van der Waals surface area contributed by atoms with Gasteiger partial charge in [-0.2, -0.15) is 0 Å². The van der Waals surface area contributed by atoms with Gasteiger partial charge in [-0.05, 0) is 24.1 Å². The third kappa shape index (κ3) is 4.32. The topological polar surface area (TPSA) is 106 Å². The van der Waals surface area contributed by atoms with Gasteiger partial charge in [0.2, 0.25) is 5.91 Å². The summed E-state index contributed by atoms with van der Waals surface area (Å²) in [5.74, 6) is 1.04. The third-order valence-electron chi connectivity index (χ3n) is 6.00. The van der Waals surface area contributed by atoms with E-state index < -0.39 is 5.82 Å². The highest BCUT2D eigenvalue weighted by molar-refractivity contribution is 5.85. The minimum absolute atomic E-state index is 0.144. The highest BCUT2D eigenvalue weighted by atomic mass is 19.1. The zero-order valence-corrected chi connectivity index (χ0v) is 19.1. The number of carbonyl (C=O) groups excluding carboxylic acids is 1. The number of piperazine rings is 1. The number of aryl methyl sites for hydroxylation is 1. The van der Waals surface area contributed by atoms with Crippen LogP contribution >= 0.6 is 0 Å². The molecule has 1 aromatic carbocycles. The summed E-state index contributed by atoms with van der Waals surface area (Å²) in [7, 11) is 1.84. The van der Waals surface area contributed by atoms with E-state index in [9.17, 15) is 9.18 Å². The molecule has 0 radical (unpaired) electrons. The van der Waals surface area contributed by atoms with Crippen LogP contribution in [0.1, 0.15) is 17.0 Å². The van der Waals surface area contributed by atoms with Crippen LogP contribution in [-0.2, 0) is 17.9 Å². The van der Waals surface area contributed by atoms with Crippen molar-refractivity contribution >= 4 is 22.9 Å². The number of amides is 1. The molecule has 10 heteroatoms. The zero-order valence-electron chi connectivity index (χ0n) is 19.1. The predicted molar refractivity (Wildman–Crippen MR) is 126 cm³/mol. The number of likely N-dealkylation sites (N-methyl/N-ethyl adjacent to an activating group) is 1. The van der Waals surface area contributed by atoms with Gasteiger partial charge in [0.1, 0.15) is 17.5 Å². The standard InChI is InChI=1S/C24H25FN8O/c1-15-28-22(26)21-24(29-15)33(23(30-21)18-9-19(25)11-27-10-18)13-17-5-3-16(4-6-17)12-32-8-7-31(2)20(34)14-32/h3-6,9-11H,7-8,12-14H2,1-2H3,(H2,26,28,29). The first-order chi connectivity index (χ1) is 16.4. The van der Waals surface area contributed by atoms with Gasteiger partial charge in [0.05, 0.1) is 19.3 Å². The molecule has 4 heterocycles. The molecule has 1 aliphatic heterocycles. The molecule has 0 saturated carbocycles. The average molecular weight is 461 g/mol. The Balaban J connectivity index is 1.45. The molecule has 9 nitrogen and oxygen atoms in total. The van der Waals surface area contributed by atoms with E-state index in [1.165, 1.54) is 6.07 Å². The van der Waals surface area contributed by atoms with Crippen LogP contribution in [-0.4, -0.2) is 66.9 Å². The molecule has 5 rings (SSSR count). The van der Waals surface area contributed by atoms with E-state index in [4.69, 9.17) is 5.73 Å². The summed E-state index contributed by atoms with van der Waals surface area (Å²) in [5.41, 5.74) is 9.87. The first kappa shape index (κ1) is 21.9. The molecule has 174 valence electrons. The second-order valence-corrected chi connectivity index (χ2v) is 8.58. The molecule has 0 unspecified atom stereocenters. The molecule has 0 aliphatic carbocycles. The fourth-order valence-electron chi connectivity index (χ4n) is 4.17. The number of nitrogens with two attached hydrogens (primary N) is 1. The lowest BCUT2D eigenvalue weighted by Crippen LogP contribution is -2.47. The number of carbonyl (C=O) groups is 1. The number of aromatic nitrogens is 5. The number of nitrogens with zero attached hydrogens (tertiary/aromatic N) is 7. The molecule has 1 amide bonds. The van der Waals surface area contributed by atoms with Crippen molar-refractivity contribution in [2.24, 2.45) is 0 Å². The van der Waals surface area contributed by atoms with E-state index in [2.05, 4.69) is 37.0 Å². The Bertz CT molecular complexity index is 1370. The molecule has 0 spiro atoms. The summed E-state index contributed by atoms with van der Waals surface area (Å²) in [5, 5.41) is 0. The molecule has 2 N–H and O–H groups in total. The predicted octanol–water partition coefficient (Wildman–Crippen LogP) is 2.24. The Morgan fingerprint density at radius 3 is 2.47 bits per heavy atom. The second-order valence-electron chi connectivity index (χ2n) is 8.58. The molecule has 34 heavy (non-hydrogen) atoms. The van der Waals surface area contributed by atoms with Crippen LogP contribution in [0.4, 0.5) is 10.2 Å². The van der Waals surface area contributed by atoms with Crippen LogP contribution in [0.5, 0.6) is 0 Å². The Morgan fingerprint density at radius 1 is 1.03 bits per heavy atom. The molecule has 1 saturated heterocycles. The lowest BCUT2D eigenvalue weighted by Gasteiger charge is -2.31. The average Bonchev–Trinajstić information content (AvgIpc) is 3.16. The van der Waals surface area contributed by atoms with Gasteiger partial charge in [-0.25, -0.2) is 19.3 Å². The van der Waals surface area contributed by atoms with Crippen molar-refractivity contribution in [2.75, 3.05) is 32.4 Å². The van der Waals surface area contributed by atoms with E-state index in [1.807, 2.05) is 23.7 Å². The van der Waals surface area contributed by atoms with Crippen LogP contribution in [0.2, 0.25) is 0 Å². The minimum Gasteiger partial charge on any atom is -0.382 e. The quantitative estimate of drug-likeness (QED) is 0.487. The number of imidazole rings is 1. The van der Waals surface area contributed by atoms with Crippen LogP contribution in [0, 0.1) is 12.7 Å². The lowest BCUT2D eigenvalue weighted by molar-refractivity contribution is -0.134. The molecule has 1 fully saturated rings. The maximum absolute atomic E-state index is 13.9. The normalized spacial score (nSPS) is 14.8. The number of pyridine rings is 1. The minimum atomic E-state index is -0.446. The van der Waals surface area contributed by atoms with Gasteiger partial charge < -0.3 is 15.2 Å². The number of halogens is 1. The van der Waals surface area contributed by atoms with Crippen molar-refractivity contribution in [2.45, 2.75) is 20.0 Å². The summed E-state index contributed by atoms with van der Waals surface area (Å²) in [6.07, 6.45) is 2.72. The first-order valence-electron chi connectivity index (χ1n) is 11.0. The highest BCUT2D eigenvalue weighted by Crippen LogP contribution is 2.27. The fourth-order valence-corrected chi connectivity index (χ4v) is 4.17. The van der Waals surface area contributed by atoms with E-state index in [0.29, 0.717) is 41.5 Å². The fraction of sp³-hybridized carbons (Fsp3) is 0.292. The summed E-state index contributed by atoms with van der Waals surface area (Å²) in [4.78, 5) is 33.3. The SMILES string of the molecule is Cc1nc(N)c2nc(-c3cncc(F)c3)n(Cc3ccc(CN4CCN(C)C(=O)C4)cc3)c2n1. The summed E-state index contributed by atoms with van der Waals surface area (Å²) >= 11 is 0. The smallest absolute Gasteiger partial charge is 0.236 e. The van der Waals surface area contributed by atoms with Gasteiger partial charge in [0.15, 0.2) is 17.0 Å². The largest absolute Gasteiger partial charge is 0.382 e. The van der Waals surface area contributed by atoms with Gasteiger partial charge in [-0.15, -0.1) is 0 Å². The molecule has 4 aromatic rings. The Labute approximate surface area is 196 Å². The number of benzene rings is 1. The third-order valence-corrected chi connectivity index (χ3v) is 6.00. The van der Waals surface area contributed by atoms with Crippen LogP contribution < -0.4 is 5.73 Å². The van der Waals surface area contributed by atoms with E-state index in [-0.39, 0.29) is 11.7 Å². The van der Waals surface area contributed by atoms with Gasteiger partial charge >= 0.3 is 0 Å². The molecule has 0 atom stereocenters.